The molecule has 0 bridgehead atoms. The summed E-state index contributed by atoms with van der Waals surface area (Å²) in [5.74, 6) is 0.786. The van der Waals surface area contributed by atoms with E-state index >= 15 is 0 Å². The summed E-state index contributed by atoms with van der Waals surface area (Å²) in [5.41, 5.74) is 0. The summed E-state index contributed by atoms with van der Waals surface area (Å²) >= 11 is 0. The second-order valence-corrected chi connectivity index (χ2v) is 28.4. The predicted molar refractivity (Wildman–Crippen MR) is 340 cm³/mol. The van der Waals surface area contributed by atoms with Crippen molar-refractivity contribution >= 4 is 39.5 Å². The van der Waals surface area contributed by atoms with Crippen LogP contribution in [0.1, 0.15) is 319 Å². The summed E-state index contributed by atoms with van der Waals surface area (Å²) in [6.45, 7) is 14.0. The SMILES string of the molecule is CCC(C)CCCCCCCCCCC(=O)OC[C@H](COP(=O)(O)OCC(O)COP(=O)(O)OC[C@@H](COC(=O)CCCCCCCCCCC(C)C)OC(=O)CCCCCCCCC(C)C)OC(=O)CCCCCCCCCCCCC(C)C. The van der Waals surface area contributed by atoms with Crippen LogP contribution in [0.4, 0.5) is 0 Å². The largest absolute Gasteiger partial charge is 0.472 e. The van der Waals surface area contributed by atoms with Gasteiger partial charge in [0, 0.05) is 25.7 Å². The molecule has 0 aromatic rings. The van der Waals surface area contributed by atoms with E-state index < -0.39 is 97.5 Å². The number of carbonyl (C=O) groups excluding carboxylic acids is 4. The van der Waals surface area contributed by atoms with Gasteiger partial charge in [0.05, 0.1) is 26.4 Å². The van der Waals surface area contributed by atoms with Gasteiger partial charge in [-0.2, -0.15) is 0 Å². The van der Waals surface area contributed by atoms with Gasteiger partial charge in [0.1, 0.15) is 19.3 Å². The Morgan fingerprint density at radius 1 is 0.329 bits per heavy atom. The van der Waals surface area contributed by atoms with Crippen molar-refractivity contribution in [1.29, 1.82) is 0 Å². The zero-order valence-corrected chi connectivity index (χ0v) is 57.0. The van der Waals surface area contributed by atoms with Crippen molar-refractivity contribution in [1.82, 2.24) is 0 Å². The lowest BCUT2D eigenvalue weighted by atomic mass is 9.99. The topological polar surface area (TPSA) is 237 Å². The zero-order valence-electron chi connectivity index (χ0n) is 55.2. The standard InChI is InChI=1S/C66H128O17P2/c1-9-59(8)45-37-29-20-15-17-22-31-39-47-64(69)76-52-61(82-65(70)48-40-32-23-13-11-10-12-18-26-34-42-56(2)3)54-80-84(72,73)78-50-60(67)51-79-85(74,75)81-55-62(83-66(71)49-41-33-25-24-28-36-44-58(6)7)53-77-63(68)46-38-30-21-16-14-19-27-35-43-57(4)5/h56-62,67H,9-55H2,1-8H3,(H,72,73)(H,74,75)/t59?,60?,61-,62-/m1/s1. The number of carbonyl (C=O) groups is 4. The second kappa shape index (κ2) is 56.1. The molecule has 85 heavy (non-hydrogen) atoms. The lowest BCUT2D eigenvalue weighted by Gasteiger charge is -2.21. The van der Waals surface area contributed by atoms with Gasteiger partial charge in [0.25, 0.3) is 0 Å². The van der Waals surface area contributed by atoms with Crippen LogP contribution in [-0.4, -0.2) is 96.7 Å². The van der Waals surface area contributed by atoms with Crippen molar-refractivity contribution in [2.24, 2.45) is 23.7 Å². The number of phosphoric acid groups is 2. The maximum Gasteiger partial charge on any atom is 0.472 e. The summed E-state index contributed by atoms with van der Waals surface area (Å²) in [7, 11) is -9.89. The van der Waals surface area contributed by atoms with E-state index in [0.29, 0.717) is 31.6 Å². The molecular formula is C66H128O17P2. The Bertz CT molecular complexity index is 1700. The molecule has 17 nitrogen and oxygen atoms in total. The molecule has 6 atom stereocenters. The van der Waals surface area contributed by atoms with E-state index in [1.165, 1.54) is 122 Å². The number of phosphoric ester groups is 2. The molecule has 0 aliphatic rings. The van der Waals surface area contributed by atoms with E-state index in [2.05, 4.69) is 55.4 Å². The summed E-state index contributed by atoms with van der Waals surface area (Å²) in [6, 6.07) is 0. The Hall–Kier alpha value is -1.94. The van der Waals surface area contributed by atoms with Crippen LogP contribution in [0.5, 0.6) is 0 Å². The molecule has 0 aliphatic heterocycles. The lowest BCUT2D eigenvalue weighted by Crippen LogP contribution is -2.30. The summed E-state index contributed by atoms with van der Waals surface area (Å²) in [5, 5.41) is 10.5. The first kappa shape index (κ1) is 83.1. The average Bonchev–Trinajstić information content (AvgIpc) is 3.55. The first-order chi connectivity index (χ1) is 40.6. The number of rotatable bonds is 63. The van der Waals surface area contributed by atoms with Crippen molar-refractivity contribution < 1.29 is 80.2 Å². The summed E-state index contributed by atoms with van der Waals surface area (Å²) in [6.07, 6.45) is 36.3. The molecule has 0 saturated carbocycles. The minimum absolute atomic E-state index is 0.101. The molecule has 0 fully saturated rings. The van der Waals surface area contributed by atoms with Crippen LogP contribution < -0.4 is 0 Å². The van der Waals surface area contributed by atoms with E-state index in [-0.39, 0.29) is 25.7 Å². The monoisotopic (exact) mass is 1250 g/mol. The van der Waals surface area contributed by atoms with Gasteiger partial charge in [-0.1, -0.05) is 267 Å². The first-order valence-electron chi connectivity index (χ1n) is 34.2. The van der Waals surface area contributed by atoms with Gasteiger partial charge in [-0.05, 0) is 49.4 Å². The quantitative estimate of drug-likeness (QED) is 0.0222. The third-order valence-electron chi connectivity index (χ3n) is 15.4. The minimum atomic E-state index is -4.95. The Labute approximate surface area is 517 Å². The Morgan fingerprint density at radius 2 is 0.565 bits per heavy atom. The van der Waals surface area contributed by atoms with Crippen molar-refractivity contribution in [2.45, 2.75) is 337 Å². The highest BCUT2D eigenvalue weighted by Crippen LogP contribution is 2.45. The van der Waals surface area contributed by atoms with E-state index in [9.17, 15) is 43.2 Å². The Morgan fingerprint density at radius 3 is 0.835 bits per heavy atom. The molecule has 0 rings (SSSR count). The maximum absolute atomic E-state index is 13.0. The van der Waals surface area contributed by atoms with Crippen LogP contribution in [-0.2, 0) is 65.4 Å². The van der Waals surface area contributed by atoms with Gasteiger partial charge in [-0.3, -0.25) is 37.3 Å². The van der Waals surface area contributed by atoms with Gasteiger partial charge in [-0.15, -0.1) is 0 Å². The van der Waals surface area contributed by atoms with Crippen molar-refractivity contribution in [2.75, 3.05) is 39.6 Å². The zero-order chi connectivity index (χ0) is 63.2. The van der Waals surface area contributed by atoms with E-state index in [0.717, 1.165) is 108 Å². The van der Waals surface area contributed by atoms with Crippen molar-refractivity contribution in [3.8, 4) is 0 Å². The highest BCUT2D eigenvalue weighted by atomic mass is 31.2. The van der Waals surface area contributed by atoms with E-state index in [1.807, 2.05) is 0 Å². The molecule has 0 heterocycles. The van der Waals surface area contributed by atoms with Crippen molar-refractivity contribution in [3.63, 3.8) is 0 Å². The predicted octanol–water partition coefficient (Wildman–Crippen LogP) is 18.1. The van der Waals surface area contributed by atoms with Gasteiger partial charge in [0.15, 0.2) is 12.2 Å². The number of unbranched alkanes of at least 4 members (excludes halogenated alkanes) is 28. The Kier molecular flexibility index (Phi) is 54.8. The van der Waals surface area contributed by atoms with E-state index in [4.69, 9.17) is 37.0 Å². The van der Waals surface area contributed by atoms with Crippen LogP contribution in [0.3, 0.4) is 0 Å². The first-order valence-corrected chi connectivity index (χ1v) is 37.2. The van der Waals surface area contributed by atoms with Gasteiger partial charge in [0.2, 0.25) is 0 Å². The van der Waals surface area contributed by atoms with Crippen LogP contribution >= 0.6 is 15.6 Å². The molecule has 504 valence electrons. The fourth-order valence-electron chi connectivity index (χ4n) is 9.75. The third kappa shape index (κ3) is 59.5. The number of aliphatic hydroxyl groups is 1. The van der Waals surface area contributed by atoms with Crippen LogP contribution in [0, 0.1) is 23.7 Å². The van der Waals surface area contributed by atoms with Crippen molar-refractivity contribution in [3.05, 3.63) is 0 Å². The van der Waals surface area contributed by atoms with Crippen LogP contribution in [0.15, 0.2) is 0 Å². The molecule has 0 aliphatic carbocycles. The summed E-state index contributed by atoms with van der Waals surface area (Å²) < 4.78 is 68.1. The second-order valence-electron chi connectivity index (χ2n) is 25.5. The lowest BCUT2D eigenvalue weighted by molar-refractivity contribution is -0.161. The average molecular weight is 1260 g/mol. The number of aliphatic hydroxyl groups excluding tert-OH is 1. The van der Waals surface area contributed by atoms with Gasteiger partial charge >= 0.3 is 39.5 Å². The molecule has 0 saturated heterocycles. The third-order valence-corrected chi connectivity index (χ3v) is 17.3. The molecule has 0 amide bonds. The van der Waals surface area contributed by atoms with Gasteiger partial charge < -0.3 is 33.8 Å². The van der Waals surface area contributed by atoms with Crippen LogP contribution in [0.25, 0.3) is 0 Å². The fraction of sp³-hybridized carbons (Fsp3) is 0.939. The minimum Gasteiger partial charge on any atom is -0.462 e. The Balaban J connectivity index is 5.25. The van der Waals surface area contributed by atoms with E-state index in [1.54, 1.807) is 0 Å². The number of hydrogen-bond donors (Lipinski definition) is 3. The molecule has 0 aromatic carbocycles. The smallest absolute Gasteiger partial charge is 0.462 e. The molecule has 3 N–H and O–H groups in total. The summed E-state index contributed by atoms with van der Waals surface area (Å²) in [4.78, 5) is 72.3. The molecular weight excluding hydrogens is 1130 g/mol. The molecule has 0 spiro atoms. The molecule has 4 unspecified atom stereocenters. The highest BCUT2D eigenvalue weighted by Gasteiger charge is 2.30. The molecule has 0 aromatic heterocycles. The highest BCUT2D eigenvalue weighted by molar-refractivity contribution is 7.47. The maximum atomic E-state index is 13.0. The van der Waals surface area contributed by atoms with Crippen LogP contribution in [0.2, 0.25) is 0 Å². The number of ether oxygens (including phenoxy) is 4. The fourth-order valence-corrected chi connectivity index (χ4v) is 11.3. The molecule has 0 radical (unpaired) electrons. The van der Waals surface area contributed by atoms with Gasteiger partial charge in [-0.25, -0.2) is 9.13 Å². The normalized spacial score (nSPS) is 14.7. The number of esters is 4. The molecule has 19 heteroatoms. The number of hydrogen-bond acceptors (Lipinski definition) is 15.